The summed E-state index contributed by atoms with van der Waals surface area (Å²) in [5.41, 5.74) is 1.09. The fourth-order valence-corrected chi connectivity index (χ4v) is 1.80. The minimum Gasteiger partial charge on any atom is -0.298 e. The van der Waals surface area contributed by atoms with Crippen LogP contribution < -0.4 is 5.32 Å². The summed E-state index contributed by atoms with van der Waals surface area (Å²) < 4.78 is 0.961. The molecule has 0 heterocycles. The van der Waals surface area contributed by atoms with E-state index in [0.29, 0.717) is 11.6 Å². The van der Waals surface area contributed by atoms with Crippen molar-refractivity contribution in [1.82, 2.24) is 5.32 Å². The lowest BCUT2D eigenvalue weighted by atomic mass is 10.2. The van der Waals surface area contributed by atoms with E-state index in [2.05, 4.69) is 27.3 Å². The molecule has 1 rings (SSSR count). The van der Waals surface area contributed by atoms with E-state index in [1.54, 1.807) is 0 Å². The van der Waals surface area contributed by atoms with Crippen LogP contribution in [0.3, 0.4) is 0 Å². The van der Waals surface area contributed by atoms with Crippen LogP contribution in [0.1, 0.15) is 12.5 Å². The fraction of sp³-hybridized carbons (Fsp3) is 0.300. The summed E-state index contributed by atoms with van der Waals surface area (Å²) in [6.07, 6.45) is 0. The van der Waals surface area contributed by atoms with Crippen molar-refractivity contribution in [3.05, 3.63) is 33.3 Å². The Morgan fingerprint density at radius 1 is 1.64 bits per heavy atom. The lowest BCUT2D eigenvalue weighted by molar-refractivity contribution is 0.641. The molecule has 0 fully saturated rings. The van der Waals surface area contributed by atoms with Crippen LogP contribution in [0.15, 0.2) is 22.7 Å². The number of rotatable bonds is 3. The van der Waals surface area contributed by atoms with Crippen molar-refractivity contribution in [1.29, 1.82) is 5.26 Å². The minimum absolute atomic E-state index is 0.141. The molecule has 0 aliphatic heterocycles. The molecule has 14 heavy (non-hydrogen) atoms. The van der Waals surface area contributed by atoms with Gasteiger partial charge in [0.25, 0.3) is 0 Å². The molecule has 0 aliphatic rings. The highest BCUT2D eigenvalue weighted by Crippen LogP contribution is 2.21. The molecule has 0 saturated carbocycles. The van der Waals surface area contributed by atoms with Gasteiger partial charge >= 0.3 is 0 Å². The summed E-state index contributed by atoms with van der Waals surface area (Å²) in [6.45, 7) is 2.48. The molecule has 0 spiro atoms. The molecule has 0 bridgehead atoms. The average molecular weight is 274 g/mol. The van der Waals surface area contributed by atoms with Gasteiger partial charge in [0.2, 0.25) is 0 Å². The van der Waals surface area contributed by atoms with Gasteiger partial charge in [-0.25, -0.2) is 0 Å². The topological polar surface area (TPSA) is 35.8 Å². The van der Waals surface area contributed by atoms with Gasteiger partial charge in [0.05, 0.1) is 12.1 Å². The Labute approximate surface area is 97.0 Å². The summed E-state index contributed by atoms with van der Waals surface area (Å²) in [5, 5.41) is 12.4. The third-order valence-corrected chi connectivity index (χ3v) is 2.78. The number of nitriles is 1. The Kier molecular flexibility index (Phi) is 4.40. The molecule has 0 aromatic heterocycles. The molecule has 1 aromatic carbocycles. The van der Waals surface area contributed by atoms with Gasteiger partial charge in [-0.1, -0.05) is 33.6 Å². The van der Waals surface area contributed by atoms with Crippen LogP contribution in [0, 0.1) is 11.3 Å². The second-order valence-corrected chi connectivity index (χ2v) is 4.26. The summed E-state index contributed by atoms with van der Waals surface area (Å²) in [7, 11) is 0. The van der Waals surface area contributed by atoms with E-state index in [9.17, 15) is 0 Å². The quantitative estimate of drug-likeness (QED) is 0.918. The molecule has 2 nitrogen and oxygen atoms in total. The molecule has 0 saturated heterocycles. The Hall–Kier alpha value is -0.560. The van der Waals surface area contributed by atoms with Crippen LogP contribution in [0.5, 0.6) is 0 Å². The first-order valence-electron chi connectivity index (χ1n) is 4.20. The van der Waals surface area contributed by atoms with E-state index in [-0.39, 0.29) is 6.04 Å². The summed E-state index contributed by atoms with van der Waals surface area (Å²) in [6, 6.07) is 7.58. The van der Waals surface area contributed by atoms with Gasteiger partial charge in [0, 0.05) is 16.0 Å². The number of benzene rings is 1. The summed E-state index contributed by atoms with van der Waals surface area (Å²) in [5.74, 6) is 0. The van der Waals surface area contributed by atoms with E-state index >= 15 is 0 Å². The van der Waals surface area contributed by atoms with Crippen molar-refractivity contribution in [3.63, 3.8) is 0 Å². The van der Waals surface area contributed by atoms with E-state index < -0.39 is 0 Å². The van der Waals surface area contributed by atoms with E-state index in [1.807, 2.05) is 25.1 Å². The van der Waals surface area contributed by atoms with Crippen LogP contribution in [0.25, 0.3) is 0 Å². The monoisotopic (exact) mass is 272 g/mol. The van der Waals surface area contributed by atoms with Gasteiger partial charge in [-0.15, -0.1) is 0 Å². The van der Waals surface area contributed by atoms with Crippen molar-refractivity contribution in [3.8, 4) is 6.07 Å². The SMILES string of the molecule is CC(C#N)NCc1ccc(Cl)cc1Br. The van der Waals surface area contributed by atoms with Gasteiger partial charge in [0.15, 0.2) is 0 Å². The Morgan fingerprint density at radius 2 is 2.36 bits per heavy atom. The number of nitrogens with zero attached hydrogens (tertiary/aromatic N) is 1. The maximum Gasteiger partial charge on any atom is 0.0927 e. The van der Waals surface area contributed by atoms with Crippen LogP contribution >= 0.6 is 27.5 Å². The van der Waals surface area contributed by atoms with Gasteiger partial charge in [-0.05, 0) is 24.6 Å². The number of hydrogen-bond donors (Lipinski definition) is 1. The van der Waals surface area contributed by atoms with Crippen molar-refractivity contribution >= 4 is 27.5 Å². The lowest BCUT2D eigenvalue weighted by Gasteiger charge is -2.08. The first kappa shape index (κ1) is 11.5. The largest absolute Gasteiger partial charge is 0.298 e. The second kappa shape index (κ2) is 5.35. The zero-order chi connectivity index (χ0) is 10.6. The standard InChI is InChI=1S/C10H10BrClN2/c1-7(5-13)14-6-8-2-3-9(12)4-10(8)11/h2-4,7,14H,6H2,1H3. The molecular formula is C10H10BrClN2. The third kappa shape index (κ3) is 3.30. The van der Waals surface area contributed by atoms with Crippen molar-refractivity contribution in [2.45, 2.75) is 19.5 Å². The molecule has 0 radical (unpaired) electrons. The van der Waals surface area contributed by atoms with Crippen LogP contribution in [0.4, 0.5) is 0 Å². The average Bonchev–Trinajstić information content (AvgIpc) is 2.16. The molecule has 4 heteroatoms. The van der Waals surface area contributed by atoms with E-state index in [4.69, 9.17) is 16.9 Å². The maximum atomic E-state index is 8.58. The van der Waals surface area contributed by atoms with Gasteiger partial charge in [-0.2, -0.15) is 5.26 Å². The minimum atomic E-state index is -0.141. The van der Waals surface area contributed by atoms with E-state index in [1.165, 1.54) is 0 Å². The lowest BCUT2D eigenvalue weighted by Crippen LogP contribution is -2.23. The predicted molar refractivity (Wildman–Crippen MR) is 61.1 cm³/mol. The van der Waals surface area contributed by atoms with Crippen molar-refractivity contribution in [2.24, 2.45) is 0 Å². The van der Waals surface area contributed by atoms with Crippen LogP contribution in [-0.2, 0) is 6.54 Å². The third-order valence-electron chi connectivity index (χ3n) is 1.81. The molecule has 1 atom stereocenters. The Bertz CT molecular complexity index is 360. The summed E-state index contributed by atoms with van der Waals surface area (Å²) in [4.78, 5) is 0. The number of halogens is 2. The zero-order valence-corrected chi connectivity index (χ0v) is 10.1. The highest BCUT2D eigenvalue weighted by atomic mass is 79.9. The fourth-order valence-electron chi connectivity index (χ4n) is 0.974. The van der Waals surface area contributed by atoms with E-state index in [0.717, 1.165) is 10.0 Å². The van der Waals surface area contributed by atoms with Crippen LogP contribution in [0.2, 0.25) is 5.02 Å². The molecular weight excluding hydrogens is 263 g/mol. The maximum absolute atomic E-state index is 8.58. The summed E-state index contributed by atoms with van der Waals surface area (Å²) >= 11 is 9.22. The normalized spacial score (nSPS) is 12.1. The van der Waals surface area contributed by atoms with Gasteiger partial charge in [0.1, 0.15) is 0 Å². The Balaban J connectivity index is 2.64. The first-order chi connectivity index (χ1) is 6.63. The predicted octanol–water partition coefficient (Wildman–Crippen LogP) is 3.10. The van der Waals surface area contributed by atoms with Crippen molar-refractivity contribution < 1.29 is 0 Å². The van der Waals surface area contributed by atoms with Gasteiger partial charge < -0.3 is 0 Å². The second-order valence-electron chi connectivity index (χ2n) is 2.97. The molecule has 74 valence electrons. The zero-order valence-electron chi connectivity index (χ0n) is 7.72. The molecule has 0 amide bonds. The molecule has 0 aliphatic carbocycles. The first-order valence-corrected chi connectivity index (χ1v) is 5.37. The molecule has 1 unspecified atom stereocenters. The smallest absolute Gasteiger partial charge is 0.0927 e. The van der Waals surface area contributed by atoms with Gasteiger partial charge in [-0.3, -0.25) is 5.32 Å². The van der Waals surface area contributed by atoms with Crippen molar-refractivity contribution in [2.75, 3.05) is 0 Å². The highest BCUT2D eigenvalue weighted by Gasteiger charge is 2.02. The Morgan fingerprint density at radius 3 is 2.93 bits per heavy atom. The number of nitrogens with one attached hydrogen (secondary N) is 1. The highest BCUT2D eigenvalue weighted by molar-refractivity contribution is 9.10. The molecule has 1 N–H and O–H groups in total. The van der Waals surface area contributed by atoms with Crippen LogP contribution in [-0.4, -0.2) is 6.04 Å². The molecule has 1 aromatic rings. The number of hydrogen-bond acceptors (Lipinski definition) is 2.